The summed E-state index contributed by atoms with van der Waals surface area (Å²) in [7, 11) is 0. The molecule has 4 nitrogen and oxygen atoms in total. The first kappa shape index (κ1) is 18.9. The third kappa shape index (κ3) is 3.53. The van der Waals surface area contributed by atoms with Crippen molar-refractivity contribution in [2.75, 3.05) is 6.61 Å². The third-order valence-electron chi connectivity index (χ3n) is 4.77. The maximum atomic E-state index is 12.6. The van der Waals surface area contributed by atoms with E-state index >= 15 is 0 Å². The average molecular weight is 286 g/mol. The highest BCUT2D eigenvalue weighted by Crippen LogP contribution is 2.46. The molecule has 0 fully saturated rings. The highest BCUT2D eigenvalue weighted by atomic mass is 16.5. The van der Waals surface area contributed by atoms with E-state index in [2.05, 4.69) is 0 Å². The zero-order chi connectivity index (χ0) is 15.9. The van der Waals surface area contributed by atoms with Gasteiger partial charge >= 0.3 is 11.9 Å². The molecule has 0 aromatic carbocycles. The maximum absolute atomic E-state index is 12.6. The Morgan fingerprint density at radius 3 is 1.95 bits per heavy atom. The van der Waals surface area contributed by atoms with Gasteiger partial charge < -0.3 is 9.84 Å². The molecular weight excluding hydrogens is 256 g/mol. The fraction of sp³-hybridized carbons (Fsp3) is 0.875. The van der Waals surface area contributed by atoms with Crippen LogP contribution in [0.15, 0.2) is 0 Å². The first-order valence-corrected chi connectivity index (χ1v) is 7.73. The van der Waals surface area contributed by atoms with Crippen LogP contribution in [0.5, 0.6) is 0 Å². The van der Waals surface area contributed by atoms with Crippen molar-refractivity contribution in [2.45, 2.75) is 60.8 Å². The Balaban J connectivity index is 5.90. The number of ether oxygens (including phenoxy) is 1. The van der Waals surface area contributed by atoms with E-state index in [-0.39, 0.29) is 24.4 Å². The van der Waals surface area contributed by atoms with Crippen LogP contribution in [0, 0.1) is 23.2 Å². The molecule has 118 valence electrons. The molecule has 0 aliphatic heterocycles. The quantitative estimate of drug-likeness (QED) is 0.656. The van der Waals surface area contributed by atoms with Gasteiger partial charge in [-0.15, -0.1) is 0 Å². The van der Waals surface area contributed by atoms with E-state index in [1.807, 2.05) is 34.6 Å². The van der Waals surface area contributed by atoms with Crippen LogP contribution in [0.1, 0.15) is 60.8 Å². The predicted molar refractivity (Wildman–Crippen MR) is 79.4 cm³/mol. The molecule has 0 aliphatic rings. The summed E-state index contributed by atoms with van der Waals surface area (Å²) >= 11 is 0. The fourth-order valence-electron chi connectivity index (χ4n) is 3.18. The second-order valence-corrected chi connectivity index (χ2v) is 5.63. The van der Waals surface area contributed by atoms with Crippen molar-refractivity contribution in [3.8, 4) is 0 Å². The molecule has 0 spiro atoms. The number of carbonyl (C=O) groups is 2. The van der Waals surface area contributed by atoms with Gasteiger partial charge in [0.2, 0.25) is 0 Å². The SMILES string of the molecule is CCOC(=O)C(CC)(C(C)CC)C(C(=O)O)C(C)CC. The summed E-state index contributed by atoms with van der Waals surface area (Å²) in [4.78, 5) is 24.4. The van der Waals surface area contributed by atoms with E-state index < -0.39 is 17.3 Å². The number of esters is 1. The van der Waals surface area contributed by atoms with Crippen molar-refractivity contribution in [2.24, 2.45) is 23.2 Å². The molecule has 4 unspecified atom stereocenters. The van der Waals surface area contributed by atoms with Gasteiger partial charge in [-0.3, -0.25) is 9.59 Å². The summed E-state index contributed by atoms with van der Waals surface area (Å²) in [6.07, 6.45) is 1.98. The lowest BCUT2D eigenvalue weighted by Gasteiger charge is -2.42. The van der Waals surface area contributed by atoms with Crippen molar-refractivity contribution in [1.29, 1.82) is 0 Å². The highest BCUT2D eigenvalue weighted by Gasteiger charge is 2.53. The first-order valence-electron chi connectivity index (χ1n) is 7.73. The normalized spacial score (nSPS) is 18.7. The molecule has 0 heterocycles. The van der Waals surface area contributed by atoms with Crippen LogP contribution in [0.3, 0.4) is 0 Å². The lowest BCUT2D eigenvalue weighted by atomic mass is 9.60. The molecule has 1 N–H and O–H groups in total. The predicted octanol–water partition coefficient (Wildman–Crippen LogP) is 3.74. The molecule has 4 heteroatoms. The van der Waals surface area contributed by atoms with E-state index in [0.717, 1.165) is 12.8 Å². The Morgan fingerprint density at radius 1 is 1.10 bits per heavy atom. The summed E-state index contributed by atoms with van der Waals surface area (Å²) in [6.45, 7) is 11.7. The molecule has 0 aliphatic carbocycles. The van der Waals surface area contributed by atoms with E-state index in [0.29, 0.717) is 6.42 Å². The van der Waals surface area contributed by atoms with Gasteiger partial charge in [-0.05, 0) is 25.2 Å². The summed E-state index contributed by atoms with van der Waals surface area (Å²) in [5.41, 5.74) is -0.938. The number of aliphatic carboxylic acids is 1. The Kier molecular flexibility index (Phi) is 7.84. The van der Waals surface area contributed by atoms with Gasteiger partial charge in [0, 0.05) is 0 Å². The minimum atomic E-state index is -0.938. The van der Waals surface area contributed by atoms with Crippen LogP contribution in [0.25, 0.3) is 0 Å². The average Bonchev–Trinajstić information content (AvgIpc) is 2.42. The van der Waals surface area contributed by atoms with Crippen molar-refractivity contribution in [3.63, 3.8) is 0 Å². The molecule has 20 heavy (non-hydrogen) atoms. The Bertz CT molecular complexity index is 326. The van der Waals surface area contributed by atoms with Gasteiger partial charge in [-0.2, -0.15) is 0 Å². The molecule has 0 aromatic rings. The number of carboxylic acids is 1. The maximum Gasteiger partial charge on any atom is 0.313 e. The van der Waals surface area contributed by atoms with Gasteiger partial charge in [0.1, 0.15) is 0 Å². The zero-order valence-electron chi connectivity index (χ0n) is 13.7. The van der Waals surface area contributed by atoms with E-state index in [1.165, 1.54) is 0 Å². The van der Waals surface area contributed by atoms with Gasteiger partial charge in [-0.1, -0.05) is 47.5 Å². The molecule has 0 saturated heterocycles. The van der Waals surface area contributed by atoms with Crippen LogP contribution in [0.4, 0.5) is 0 Å². The Hall–Kier alpha value is -1.06. The molecule has 0 rings (SSSR count). The number of carbonyl (C=O) groups excluding carboxylic acids is 1. The summed E-state index contributed by atoms with van der Waals surface area (Å²) in [5.74, 6) is -2.04. The van der Waals surface area contributed by atoms with Crippen molar-refractivity contribution >= 4 is 11.9 Å². The molecule has 0 amide bonds. The van der Waals surface area contributed by atoms with E-state index in [4.69, 9.17) is 4.74 Å². The molecule has 0 bridgehead atoms. The highest BCUT2D eigenvalue weighted by molar-refractivity contribution is 5.85. The van der Waals surface area contributed by atoms with Crippen LogP contribution < -0.4 is 0 Å². The van der Waals surface area contributed by atoms with Crippen LogP contribution in [0.2, 0.25) is 0 Å². The Morgan fingerprint density at radius 2 is 1.65 bits per heavy atom. The molecule has 0 saturated carbocycles. The van der Waals surface area contributed by atoms with Crippen molar-refractivity contribution < 1.29 is 19.4 Å². The second-order valence-electron chi connectivity index (χ2n) is 5.63. The van der Waals surface area contributed by atoms with Gasteiger partial charge in [0.25, 0.3) is 0 Å². The molecular formula is C16H30O4. The summed E-state index contributed by atoms with van der Waals surface area (Å²) in [6, 6.07) is 0. The Labute approximate surface area is 122 Å². The zero-order valence-corrected chi connectivity index (χ0v) is 13.7. The largest absolute Gasteiger partial charge is 0.481 e. The van der Waals surface area contributed by atoms with Crippen LogP contribution >= 0.6 is 0 Å². The van der Waals surface area contributed by atoms with Gasteiger partial charge in [0.05, 0.1) is 17.9 Å². The van der Waals surface area contributed by atoms with Crippen LogP contribution in [-0.4, -0.2) is 23.7 Å². The van der Waals surface area contributed by atoms with E-state index in [1.54, 1.807) is 6.92 Å². The minimum absolute atomic E-state index is 0.0263. The van der Waals surface area contributed by atoms with Gasteiger partial charge in [-0.25, -0.2) is 0 Å². The number of hydrogen-bond acceptors (Lipinski definition) is 3. The first-order chi connectivity index (χ1) is 9.33. The number of rotatable bonds is 9. The fourth-order valence-corrected chi connectivity index (χ4v) is 3.18. The van der Waals surface area contributed by atoms with Crippen molar-refractivity contribution in [1.82, 2.24) is 0 Å². The molecule has 0 aromatic heterocycles. The second kappa shape index (κ2) is 8.28. The minimum Gasteiger partial charge on any atom is -0.481 e. The van der Waals surface area contributed by atoms with Crippen LogP contribution in [-0.2, 0) is 14.3 Å². The number of hydrogen-bond donors (Lipinski definition) is 1. The summed E-state index contributed by atoms with van der Waals surface area (Å²) < 4.78 is 5.24. The number of carboxylic acid groups (broad SMARTS) is 1. The standard InChI is InChI=1S/C16H30O4/c1-7-11(5)13(14(17)18)16(9-3,12(6)8-2)15(19)20-10-4/h11-13H,7-10H2,1-6H3,(H,17,18). The smallest absolute Gasteiger partial charge is 0.313 e. The van der Waals surface area contributed by atoms with E-state index in [9.17, 15) is 14.7 Å². The lowest BCUT2D eigenvalue weighted by molar-refractivity contribution is -0.175. The lowest BCUT2D eigenvalue weighted by Crippen LogP contribution is -2.50. The summed E-state index contributed by atoms with van der Waals surface area (Å²) in [5, 5.41) is 9.70. The molecule has 0 radical (unpaired) electrons. The van der Waals surface area contributed by atoms with Crippen molar-refractivity contribution in [3.05, 3.63) is 0 Å². The van der Waals surface area contributed by atoms with Gasteiger partial charge in [0.15, 0.2) is 0 Å². The third-order valence-corrected chi connectivity index (χ3v) is 4.77. The molecule has 4 atom stereocenters. The monoisotopic (exact) mass is 286 g/mol. The topological polar surface area (TPSA) is 63.6 Å².